The van der Waals surface area contributed by atoms with Crippen LogP contribution in [0.1, 0.15) is 59.3 Å². The predicted molar refractivity (Wildman–Crippen MR) is 72.2 cm³/mol. The predicted octanol–water partition coefficient (Wildman–Crippen LogP) is 3.36. The molecule has 1 aliphatic carbocycles. The Morgan fingerprint density at radius 1 is 1.24 bits per heavy atom. The van der Waals surface area contributed by atoms with Crippen LogP contribution in [-0.2, 0) is 4.74 Å². The molecular weight excluding hydrogens is 210 g/mol. The summed E-state index contributed by atoms with van der Waals surface area (Å²) in [5, 5.41) is 3.88. The van der Waals surface area contributed by atoms with Gasteiger partial charge in [0.1, 0.15) is 0 Å². The van der Waals surface area contributed by atoms with Crippen molar-refractivity contribution in [2.75, 3.05) is 6.61 Å². The second kappa shape index (κ2) is 6.19. The normalized spacial score (nSPS) is 31.8. The lowest BCUT2D eigenvalue weighted by molar-refractivity contribution is -0.0262. The van der Waals surface area contributed by atoms with Gasteiger partial charge in [-0.3, -0.25) is 0 Å². The topological polar surface area (TPSA) is 21.3 Å². The summed E-state index contributed by atoms with van der Waals surface area (Å²) in [6, 6.07) is 1.44. The zero-order valence-corrected chi connectivity index (χ0v) is 11.7. The van der Waals surface area contributed by atoms with Crippen LogP contribution in [0.3, 0.4) is 0 Å². The largest absolute Gasteiger partial charge is 0.378 e. The van der Waals surface area contributed by atoms with E-state index in [4.69, 9.17) is 4.74 Å². The van der Waals surface area contributed by atoms with Crippen LogP contribution in [0.15, 0.2) is 0 Å². The van der Waals surface area contributed by atoms with Crippen molar-refractivity contribution >= 4 is 0 Å². The molecule has 2 rings (SSSR count). The van der Waals surface area contributed by atoms with Crippen LogP contribution in [0.2, 0.25) is 0 Å². The molecular formula is C15H29NO. The summed E-state index contributed by atoms with van der Waals surface area (Å²) in [6.07, 6.45) is 8.50. The molecule has 0 aromatic carbocycles. The molecule has 0 bridgehead atoms. The highest BCUT2D eigenvalue weighted by Gasteiger charge is 2.29. The molecule has 0 amide bonds. The first kappa shape index (κ1) is 13.4. The van der Waals surface area contributed by atoms with Gasteiger partial charge < -0.3 is 10.1 Å². The van der Waals surface area contributed by atoms with Gasteiger partial charge in [0, 0.05) is 18.7 Å². The number of nitrogens with one attached hydrogen (secondary N) is 1. The highest BCUT2D eigenvalue weighted by atomic mass is 16.5. The van der Waals surface area contributed by atoms with Crippen molar-refractivity contribution in [1.82, 2.24) is 5.32 Å². The smallest absolute Gasteiger partial charge is 0.0612 e. The third-order valence-corrected chi connectivity index (χ3v) is 4.34. The molecule has 1 saturated heterocycles. The minimum atomic E-state index is 0.472. The van der Waals surface area contributed by atoms with E-state index >= 15 is 0 Å². The Morgan fingerprint density at radius 2 is 2.00 bits per heavy atom. The monoisotopic (exact) mass is 239 g/mol. The van der Waals surface area contributed by atoms with Gasteiger partial charge in [-0.2, -0.15) is 0 Å². The van der Waals surface area contributed by atoms with Crippen LogP contribution in [0.5, 0.6) is 0 Å². The van der Waals surface area contributed by atoms with E-state index in [2.05, 4.69) is 26.1 Å². The van der Waals surface area contributed by atoms with Crippen molar-refractivity contribution in [3.8, 4) is 0 Å². The molecule has 1 N–H and O–H groups in total. The molecule has 17 heavy (non-hydrogen) atoms. The van der Waals surface area contributed by atoms with E-state index in [0.29, 0.717) is 18.1 Å². The first-order valence-corrected chi connectivity index (χ1v) is 7.56. The van der Waals surface area contributed by atoms with Crippen LogP contribution in [0, 0.1) is 11.8 Å². The quantitative estimate of drug-likeness (QED) is 0.767. The molecule has 1 aliphatic heterocycles. The summed E-state index contributed by atoms with van der Waals surface area (Å²) in [5.41, 5.74) is 0. The van der Waals surface area contributed by atoms with Crippen LogP contribution < -0.4 is 5.32 Å². The summed E-state index contributed by atoms with van der Waals surface area (Å²) in [6.45, 7) is 7.81. The fourth-order valence-corrected chi connectivity index (χ4v) is 2.89. The second-order valence-electron chi connectivity index (χ2n) is 6.33. The minimum absolute atomic E-state index is 0.472. The van der Waals surface area contributed by atoms with Crippen molar-refractivity contribution in [3.63, 3.8) is 0 Å². The van der Waals surface area contributed by atoms with E-state index in [0.717, 1.165) is 18.6 Å². The van der Waals surface area contributed by atoms with Gasteiger partial charge in [0.2, 0.25) is 0 Å². The fourth-order valence-electron chi connectivity index (χ4n) is 2.89. The Kier molecular flexibility index (Phi) is 4.87. The first-order valence-electron chi connectivity index (χ1n) is 7.56. The van der Waals surface area contributed by atoms with Gasteiger partial charge in [-0.1, -0.05) is 33.6 Å². The number of ether oxygens (including phenoxy) is 1. The molecule has 2 heteroatoms. The van der Waals surface area contributed by atoms with E-state index in [9.17, 15) is 0 Å². The van der Waals surface area contributed by atoms with Crippen molar-refractivity contribution in [3.05, 3.63) is 0 Å². The lowest BCUT2D eigenvalue weighted by Gasteiger charge is -2.34. The van der Waals surface area contributed by atoms with Crippen molar-refractivity contribution in [1.29, 1.82) is 0 Å². The van der Waals surface area contributed by atoms with Gasteiger partial charge in [-0.05, 0) is 37.5 Å². The summed E-state index contributed by atoms with van der Waals surface area (Å²) in [4.78, 5) is 0. The standard InChI is InChI=1S/C15H29NO/c1-4-13(9-12-5-6-12)16-14-7-8-17-15(10-14)11(2)3/h11-16H,4-10H2,1-3H3. The molecule has 0 aromatic rings. The van der Waals surface area contributed by atoms with Gasteiger partial charge in [-0.15, -0.1) is 0 Å². The molecule has 1 heterocycles. The van der Waals surface area contributed by atoms with Crippen LogP contribution in [-0.4, -0.2) is 24.8 Å². The van der Waals surface area contributed by atoms with Crippen LogP contribution in [0.4, 0.5) is 0 Å². The Hall–Kier alpha value is -0.0800. The van der Waals surface area contributed by atoms with Gasteiger partial charge in [-0.25, -0.2) is 0 Å². The molecule has 2 aliphatic rings. The molecule has 2 fully saturated rings. The van der Waals surface area contributed by atoms with Crippen molar-refractivity contribution in [2.45, 2.75) is 77.5 Å². The highest BCUT2D eigenvalue weighted by molar-refractivity contribution is 4.85. The maximum absolute atomic E-state index is 5.84. The maximum Gasteiger partial charge on any atom is 0.0612 e. The molecule has 2 nitrogen and oxygen atoms in total. The Balaban J connectivity index is 1.75. The SMILES string of the molecule is CCC(CC1CC1)NC1CCOC(C(C)C)C1. The third-order valence-electron chi connectivity index (χ3n) is 4.34. The maximum atomic E-state index is 5.84. The zero-order chi connectivity index (χ0) is 12.3. The minimum Gasteiger partial charge on any atom is -0.378 e. The zero-order valence-electron chi connectivity index (χ0n) is 11.7. The Labute approximate surface area is 107 Å². The average Bonchev–Trinajstić information content (AvgIpc) is 3.12. The second-order valence-corrected chi connectivity index (χ2v) is 6.33. The molecule has 0 radical (unpaired) electrons. The lowest BCUT2D eigenvalue weighted by atomic mass is 9.94. The van der Waals surface area contributed by atoms with Crippen LogP contribution >= 0.6 is 0 Å². The Bertz CT molecular complexity index is 225. The van der Waals surface area contributed by atoms with E-state index < -0.39 is 0 Å². The van der Waals surface area contributed by atoms with E-state index in [1.54, 1.807) is 0 Å². The van der Waals surface area contributed by atoms with Gasteiger partial charge in [0.25, 0.3) is 0 Å². The molecule has 3 atom stereocenters. The van der Waals surface area contributed by atoms with E-state index in [1.165, 1.54) is 38.5 Å². The molecule has 1 saturated carbocycles. The van der Waals surface area contributed by atoms with Gasteiger partial charge >= 0.3 is 0 Å². The fraction of sp³-hybridized carbons (Fsp3) is 1.00. The van der Waals surface area contributed by atoms with E-state index in [-0.39, 0.29) is 0 Å². The molecule has 100 valence electrons. The van der Waals surface area contributed by atoms with Crippen molar-refractivity contribution in [2.24, 2.45) is 11.8 Å². The Morgan fingerprint density at radius 3 is 2.59 bits per heavy atom. The first-order chi connectivity index (χ1) is 8.19. The van der Waals surface area contributed by atoms with Crippen LogP contribution in [0.25, 0.3) is 0 Å². The molecule has 0 spiro atoms. The van der Waals surface area contributed by atoms with Gasteiger partial charge in [0.15, 0.2) is 0 Å². The summed E-state index contributed by atoms with van der Waals surface area (Å²) in [5.74, 6) is 1.69. The molecule has 0 aromatic heterocycles. The summed E-state index contributed by atoms with van der Waals surface area (Å²) < 4.78 is 5.84. The third kappa shape index (κ3) is 4.26. The van der Waals surface area contributed by atoms with E-state index in [1.807, 2.05) is 0 Å². The lowest BCUT2D eigenvalue weighted by Crippen LogP contribution is -2.45. The number of rotatable bonds is 6. The molecule has 3 unspecified atom stereocenters. The van der Waals surface area contributed by atoms with Gasteiger partial charge in [0.05, 0.1) is 6.10 Å². The summed E-state index contributed by atoms with van der Waals surface area (Å²) >= 11 is 0. The number of hydrogen-bond acceptors (Lipinski definition) is 2. The highest BCUT2D eigenvalue weighted by Crippen LogP contribution is 2.34. The number of hydrogen-bond donors (Lipinski definition) is 1. The van der Waals surface area contributed by atoms with Crippen molar-refractivity contribution < 1.29 is 4.74 Å². The average molecular weight is 239 g/mol. The summed E-state index contributed by atoms with van der Waals surface area (Å²) in [7, 11) is 0.